The first-order chi connectivity index (χ1) is 14.8. The summed E-state index contributed by atoms with van der Waals surface area (Å²) in [6, 6.07) is 11.9. The maximum atomic E-state index is 12.6. The lowest BCUT2D eigenvalue weighted by Gasteiger charge is -2.12. The number of aromatic nitrogens is 2. The summed E-state index contributed by atoms with van der Waals surface area (Å²) in [7, 11) is 1.38. The van der Waals surface area contributed by atoms with Gasteiger partial charge >= 0.3 is 6.61 Å². The van der Waals surface area contributed by atoms with E-state index >= 15 is 0 Å². The molecule has 0 aliphatic rings. The highest BCUT2D eigenvalue weighted by Gasteiger charge is 2.13. The number of nitrogens with zero attached hydrogens (tertiary/aromatic N) is 2. The summed E-state index contributed by atoms with van der Waals surface area (Å²) in [6.45, 7) is 1.27. The summed E-state index contributed by atoms with van der Waals surface area (Å²) in [6.07, 6.45) is 0.452. The van der Waals surface area contributed by atoms with Gasteiger partial charge in [-0.05, 0) is 78.2 Å². The van der Waals surface area contributed by atoms with Crippen LogP contribution in [0.3, 0.4) is 0 Å². The van der Waals surface area contributed by atoms with E-state index in [1.165, 1.54) is 13.2 Å². The number of ether oxygens (including phenoxy) is 2. The summed E-state index contributed by atoms with van der Waals surface area (Å²) < 4.78 is 37.4. The summed E-state index contributed by atoms with van der Waals surface area (Å²) in [5, 5.41) is 7.31. The zero-order valence-electron chi connectivity index (χ0n) is 17.3. The molecule has 2 aromatic carbocycles. The number of carbonyl (C=O) groups is 1. The molecular formula is C22H22BrF2N3O3. The fourth-order valence-electron chi connectivity index (χ4n) is 3.12. The van der Waals surface area contributed by atoms with Crippen molar-refractivity contribution in [1.82, 2.24) is 15.1 Å². The Bertz CT molecular complexity index is 1070. The molecule has 31 heavy (non-hydrogen) atoms. The topological polar surface area (TPSA) is 65.4 Å². The first-order valence-electron chi connectivity index (χ1n) is 9.52. The number of carbonyl (C=O) groups excluding carboxylic acids is 1. The number of hydrogen-bond donors (Lipinski definition) is 1. The van der Waals surface area contributed by atoms with Gasteiger partial charge in [-0.3, -0.25) is 4.79 Å². The van der Waals surface area contributed by atoms with Gasteiger partial charge in [-0.25, -0.2) is 4.68 Å². The van der Waals surface area contributed by atoms with Crippen LogP contribution in [-0.4, -0.2) is 36.0 Å². The van der Waals surface area contributed by atoms with Crippen LogP contribution < -0.4 is 14.8 Å². The van der Waals surface area contributed by atoms with Gasteiger partial charge in [0.05, 0.1) is 28.7 Å². The zero-order valence-corrected chi connectivity index (χ0v) is 18.9. The van der Waals surface area contributed by atoms with Crippen molar-refractivity contribution >= 4 is 21.8 Å². The van der Waals surface area contributed by atoms with E-state index in [2.05, 4.69) is 31.1 Å². The Morgan fingerprint density at radius 3 is 2.45 bits per heavy atom. The Morgan fingerprint density at radius 1 is 1.16 bits per heavy atom. The number of halogens is 3. The third-order valence-corrected chi connectivity index (χ3v) is 5.87. The largest absolute Gasteiger partial charge is 0.493 e. The molecule has 1 heterocycles. The lowest BCUT2D eigenvalue weighted by molar-refractivity contribution is -0.0512. The third kappa shape index (κ3) is 5.41. The van der Waals surface area contributed by atoms with E-state index < -0.39 is 6.61 Å². The van der Waals surface area contributed by atoms with Crippen LogP contribution in [0, 0.1) is 13.8 Å². The monoisotopic (exact) mass is 493 g/mol. The number of methoxy groups -OCH3 is 1. The van der Waals surface area contributed by atoms with Crippen molar-refractivity contribution in [1.29, 1.82) is 0 Å². The number of hydrogen-bond acceptors (Lipinski definition) is 4. The third-order valence-electron chi connectivity index (χ3n) is 4.72. The molecule has 0 saturated carbocycles. The van der Waals surface area contributed by atoms with Gasteiger partial charge in [0, 0.05) is 12.1 Å². The maximum Gasteiger partial charge on any atom is 0.387 e. The second-order valence-corrected chi connectivity index (χ2v) is 7.61. The van der Waals surface area contributed by atoms with E-state index in [1.807, 2.05) is 30.7 Å². The number of rotatable bonds is 8. The van der Waals surface area contributed by atoms with Gasteiger partial charge in [0.2, 0.25) is 0 Å². The van der Waals surface area contributed by atoms with E-state index in [1.54, 1.807) is 24.3 Å². The Balaban J connectivity index is 1.60. The predicted molar refractivity (Wildman–Crippen MR) is 116 cm³/mol. The summed E-state index contributed by atoms with van der Waals surface area (Å²) >= 11 is 3.51. The minimum absolute atomic E-state index is 0.0345. The average Bonchev–Trinajstić information content (AvgIpc) is 3.01. The van der Waals surface area contributed by atoms with Crippen LogP contribution in [0.4, 0.5) is 8.78 Å². The van der Waals surface area contributed by atoms with Gasteiger partial charge in [-0.15, -0.1) is 0 Å². The van der Waals surface area contributed by atoms with Gasteiger partial charge in [0.15, 0.2) is 11.5 Å². The second-order valence-electron chi connectivity index (χ2n) is 6.81. The van der Waals surface area contributed by atoms with Gasteiger partial charge in [0.1, 0.15) is 0 Å². The summed E-state index contributed by atoms with van der Waals surface area (Å²) in [5.74, 6) is -0.0332. The zero-order chi connectivity index (χ0) is 22.5. The van der Waals surface area contributed by atoms with Crippen LogP contribution in [-0.2, 0) is 6.42 Å². The molecule has 0 spiro atoms. The van der Waals surface area contributed by atoms with Crippen LogP contribution in [0.15, 0.2) is 46.9 Å². The fraction of sp³-hybridized carbons (Fsp3) is 0.273. The number of aryl methyl sites for hydroxylation is 1. The Hall–Kier alpha value is -2.94. The second kappa shape index (κ2) is 9.91. The first kappa shape index (κ1) is 22.7. The van der Waals surface area contributed by atoms with E-state index in [-0.39, 0.29) is 17.4 Å². The summed E-state index contributed by atoms with van der Waals surface area (Å²) in [4.78, 5) is 12.4. The van der Waals surface area contributed by atoms with Crippen molar-refractivity contribution in [2.24, 2.45) is 0 Å². The molecule has 0 aliphatic carbocycles. The molecule has 3 rings (SSSR count). The summed E-state index contributed by atoms with van der Waals surface area (Å²) in [5.41, 5.74) is 3.97. The van der Waals surface area contributed by atoms with Gasteiger partial charge < -0.3 is 14.8 Å². The molecular weight excluding hydrogens is 472 g/mol. The minimum atomic E-state index is -2.94. The molecule has 0 saturated heterocycles. The molecule has 0 aliphatic heterocycles. The highest BCUT2D eigenvalue weighted by molar-refractivity contribution is 9.10. The Kier molecular flexibility index (Phi) is 7.27. The van der Waals surface area contributed by atoms with Crippen LogP contribution in [0.5, 0.6) is 11.5 Å². The van der Waals surface area contributed by atoms with E-state index in [0.717, 1.165) is 27.1 Å². The number of alkyl halides is 2. The normalized spacial score (nSPS) is 10.9. The highest BCUT2D eigenvalue weighted by atomic mass is 79.9. The van der Waals surface area contributed by atoms with Crippen LogP contribution in [0.2, 0.25) is 0 Å². The average molecular weight is 494 g/mol. The van der Waals surface area contributed by atoms with Crippen LogP contribution in [0.25, 0.3) is 5.69 Å². The molecule has 1 aromatic heterocycles. The van der Waals surface area contributed by atoms with Gasteiger partial charge in [-0.1, -0.05) is 6.07 Å². The molecule has 0 atom stereocenters. The SMILES string of the molecule is COc1ccc(CCNC(=O)c2ccc(-n3nc(C)c(Br)c3C)cc2)cc1OC(F)F. The highest BCUT2D eigenvalue weighted by Crippen LogP contribution is 2.29. The number of nitrogens with one attached hydrogen (secondary N) is 1. The van der Waals surface area contributed by atoms with E-state index in [0.29, 0.717) is 18.5 Å². The van der Waals surface area contributed by atoms with Crippen LogP contribution >= 0.6 is 15.9 Å². The van der Waals surface area contributed by atoms with E-state index in [4.69, 9.17) is 4.74 Å². The van der Waals surface area contributed by atoms with Crippen molar-refractivity contribution in [3.63, 3.8) is 0 Å². The van der Waals surface area contributed by atoms with Gasteiger partial charge in [0.25, 0.3) is 5.91 Å². The lowest BCUT2D eigenvalue weighted by atomic mass is 10.1. The maximum absolute atomic E-state index is 12.6. The van der Waals surface area contributed by atoms with E-state index in [9.17, 15) is 13.6 Å². The lowest BCUT2D eigenvalue weighted by Crippen LogP contribution is -2.25. The minimum Gasteiger partial charge on any atom is -0.493 e. The molecule has 3 aromatic rings. The Labute approximate surface area is 187 Å². The van der Waals surface area contributed by atoms with Crippen LogP contribution in [0.1, 0.15) is 27.3 Å². The van der Waals surface area contributed by atoms with Crippen molar-refractivity contribution in [2.75, 3.05) is 13.7 Å². The molecule has 0 radical (unpaired) electrons. The predicted octanol–water partition coefficient (Wildman–Crippen LogP) is 4.83. The molecule has 1 N–H and O–H groups in total. The molecule has 0 fully saturated rings. The molecule has 9 heteroatoms. The van der Waals surface area contributed by atoms with Crippen molar-refractivity contribution in [3.8, 4) is 17.2 Å². The molecule has 0 unspecified atom stereocenters. The molecule has 164 valence electrons. The van der Waals surface area contributed by atoms with Crippen molar-refractivity contribution in [2.45, 2.75) is 26.9 Å². The smallest absolute Gasteiger partial charge is 0.387 e. The van der Waals surface area contributed by atoms with Crippen molar-refractivity contribution < 1.29 is 23.0 Å². The van der Waals surface area contributed by atoms with Crippen molar-refractivity contribution in [3.05, 3.63) is 69.5 Å². The Morgan fingerprint density at radius 2 is 1.87 bits per heavy atom. The fourth-order valence-corrected chi connectivity index (χ4v) is 3.36. The molecule has 6 nitrogen and oxygen atoms in total. The molecule has 0 bridgehead atoms. The quantitative estimate of drug-likeness (QED) is 0.487. The number of benzene rings is 2. The first-order valence-corrected chi connectivity index (χ1v) is 10.3. The standard InChI is InChI=1S/C22H22BrF2N3O3/c1-13-20(23)14(2)28(27-13)17-7-5-16(6-8-17)21(29)26-11-10-15-4-9-18(30-3)19(12-15)31-22(24)25/h4-9,12,22H,10-11H2,1-3H3,(H,26,29). The van der Waals surface area contributed by atoms with Gasteiger partial charge in [-0.2, -0.15) is 13.9 Å². The molecule has 1 amide bonds. The number of amides is 1.